The van der Waals surface area contributed by atoms with Crippen LogP contribution in [0.3, 0.4) is 0 Å². The summed E-state index contributed by atoms with van der Waals surface area (Å²) in [5, 5.41) is 1.78. The molecule has 2 aromatic carbocycles. The number of carbonyl (C=O) groups excluding carboxylic acids is 2. The molecule has 0 atom stereocenters. The van der Waals surface area contributed by atoms with Crippen LogP contribution in [-0.4, -0.2) is 16.9 Å². The number of aromatic nitrogens is 1. The Hall–Kier alpha value is -3.20. The number of esters is 1. The Kier molecular flexibility index (Phi) is 6.45. The number of rotatable bonds is 5. The number of nitrogens with zero attached hydrogens (tertiary/aromatic N) is 2. The molecular formula is C22H19F3N2O3S. The Balaban J connectivity index is 1.78. The number of thiazole rings is 1. The molecule has 3 aromatic rings. The van der Waals surface area contributed by atoms with Gasteiger partial charge in [0.1, 0.15) is 6.61 Å². The number of benzene rings is 2. The quantitative estimate of drug-likeness (QED) is 0.462. The van der Waals surface area contributed by atoms with Gasteiger partial charge in [-0.1, -0.05) is 23.3 Å². The average Bonchev–Trinajstić information content (AvgIpc) is 3.13. The van der Waals surface area contributed by atoms with Gasteiger partial charge in [0.05, 0.1) is 22.5 Å². The van der Waals surface area contributed by atoms with Crippen molar-refractivity contribution in [2.75, 3.05) is 4.90 Å². The van der Waals surface area contributed by atoms with E-state index in [-0.39, 0.29) is 17.4 Å². The largest absolute Gasteiger partial charge is 0.456 e. The van der Waals surface area contributed by atoms with Gasteiger partial charge in [0.15, 0.2) is 5.13 Å². The van der Waals surface area contributed by atoms with Gasteiger partial charge in [0, 0.05) is 12.3 Å². The average molecular weight is 448 g/mol. The lowest BCUT2D eigenvalue weighted by Gasteiger charge is -2.19. The highest BCUT2D eigenvalue weighted by Gasteiger charge is 2.31. The smallest absolute Gasteiger partial charge is 0.416 e. The Bertz CT molecular complexity index is 1100. The SMILES string of the molecule is CC(=O)N(c1cccc(C(F)(F)F)c1)c1nc(COC(=O)c2cc(C)cc(C)c2)cs1. The molecular weight excluding hydrogens is 429 g/mol. The highest BCUT2D eigenvalue weighted by atomic mass is 32.1. The van der Waals surface area contributed by atoms with Crippen LogP contribution in [0.5, 0.6) is 0 Å². The Morgan fingerprint density at radius 1 is 1.10 bits per heavy atom. The zero-order valence-corrected chi connectivity index (χ0v) is 17.8. The summed E-state index contributed by atoms with van der Waals surface area (Å²) in [4.78, 5) is 29.8. The van der Waals surface area contributed by atoms with E-state index >= 15 is 0 Å². The van der Waals surface area contributed by atoms with Crippen LogP contribution < -0.4 is 4.90 Å². The maximum absolute atomic E-state index is 13.0. The summed E-state index contributed by atoms with van der Waals surface area (Å²) in [6.45, 7) is 4.86. The highest BCUT2D eigenvalue weighted by Crippen LogP contribution is 2.35. The third-order valence-corrected chi connectivity index (χ3v) is 5.16. The van der Waals surface area contributed by atoms with Crippen molar-refractivity contribution >= 4 is 34.0 Å². The number of halogens is 3. The summed E-state index contributed by atoms with van der Waals surface area (Å²) in [7, 11) is 0. The fourth-order valence-corrected chi connectivity index (χ4v) is 3.90. The molecule has 0 saturated heterocycles. The fraction of sp³-hybridized carbons (Fsp3) is 0.227. The number of carbonyl (C=O) groups is 2. The van der Waals surface area contributed by atoms with Crippen molar-refractivity contribution in [3.8, 4) is 0 Å². The van der Waals surface area contributed by atoms with Crippen molar-refractivity contribution < 1.29 is 27.5 Å². The molecule has 3 rings (SSSR count). The van der Waals surface area contributed by atoms with Crippen molar-refractivity contribution in [3.63, 3.8) is 0 Å². The first-order valence-corrected chi connectivity index (χ1v) is 10.1. The molecule has 9 heteroatoms. The van der Waals surface area contributed by atoms with Gasteiger partial charge >= 0.3 is 12.1 Å². The Labute approximate surface area is 181 Å². The van der Waals surface area contributed by atoms with E-state index in [9.17, 15) is 22.8 Å². The van der Waals surface area contributed by atoms with Gasteiger partial charge in [-0.2, -0.15) is 13.2 Å². The zero-order chi connectivity index (χ0) is 22.8. The van der Waals surface area contributed by atoms with E-state index in [1.807, 2.05) is 19.9 Å². The third-order valence-electron chi connectivity index (χ3n) is 4.29. The minimum absolute atomic E-state index is 0.0513. The van der Waals surface area contributed by atoms with Gasteiger partial charge in [0.25, 0.3) is 0 Å². The van der Waals surface area contributed by atoms with Crippen LogP contribution >= 0.6 is 11.3 Å². The van der Waals surface area contributed by atoms with E-state index in [1.54, 1.807) is 17.5 Å². The predicted octanol–water partition coefficient (Wildman–Crippen LogP) is 5.82. The summed E-state index contributed by atoms with van der Waals surface area (Å²) in [6, 6.07) is 9.82. The topological polar surface area (TPSA) is 59.5 Å². The van der Waals surface area contributed by atoms with Crippen LogP contribution in [0.15, 0.2) is 47.8 Å². The van der Waals surface area contributed by atoms with E-state index in [4.69, 9.17) is 4.74 Å². The highest BCUT2D eigenvalue weighted by molar-refractivity contribution is 7.14. The van der Waals surface area contributed by atoms with E-state index < -0.39 is 23.6 Å². The van der Waals surface area contributed by atoms with Gasteiger partial charge < -0.3 is 4.74 Å². The van der Waals surface area contributed by atoms with Crippen LogP contribution in [0.4, 0.5) is 24.0 Å². The van der Waals surface area contributed by atoms with Crippen molar-refractivity contribution in [2.24, 2.45) is 0 Å². The minimum atomic E-state index is -4.53. The number of hydrogen-bond donors (Lipinski definition) is 0. The lowest BCUT2D eigenvalue weighted by Crippen LogP contribution is -2.23. The third kappa shape index (κ3) is 5.49. The molecule has 5 nitrogen and oxygen atoms in total. The summed E-state index contributed by atoms with van der Waals surface area (Å²) in [5.41, 5.74) is 1.85. The van der Waals surface area contributed by atoms with Crippen molar-refractivity contribution in [1.29, 1.82) is 0 Å². The zero-order valence-electron chi connectivity index (χ0n) is 17.0. The molecule has 0 N–H and O–H groups in total. The Morgan fingerprint density at radius 2 is 1.77 bits per heavy atom. The molecule has 0 unspecified atom stereocenters. The van der Waals surface area contributed by atoms with E-state index in [0.29, 0.717) is 11.3 Å². The molecule has 1 amide bonds. The van der Waals surface area contributed by atoms with Crippen LogP contribution in [0.25, 0.3) is 0 Å². The van der Waals surface area contributed by atoms with E-state index in [2.05, 4.69) is 4.98 Å². The Morgan fingerprint density at radius 3 is 2.39 bits per heavy atom. The molecule has 0 fully saturated rings. The standard InChI is InChI=1S/C22H19F3N2O3S/c1-13-7-14(2)9-16(8-13)20(29)30-11-18-12-31-21(26-18)27(15(3)28)19-6-4-5-17(10-19)22(23,24)25/h4-10,12H,11H2,1-3H3. The van der Waals surface area contributed by atoms with Crippen molar-refractivity contribution in [2.45, 2.75) is 33.6 Å². The van der Waals surface area contributed by atoms with Crippen LogP contribution in [-0.2, 0) is 22.3 Å². The van der Waals surface area contributed by atoms with Crippen molar-refractivity contribution in [3.05, 3.63) is 75.8 Å². The van der Waals surface area contributed by atoms with E-state index in [0.717, 1.165) is 39.5 Å². The normalized spacial score (nSPS) is 11.3. The van der Waals surface area contributed by atoms with Crippen molar-refractivity contribution in [1.82, 2.24) is 4.98 Å². The molecule has 0 aliphatic heterocycles. The first-order chi connectivity index (χ1) is 14.5. The summed E-state index contributed by atoms with van der Waals surface area (Å²) < 4.78 is 44.4. The number of anilines is 2. The molecule has 0 radical (unpaired) electrons. The van der Waals surface area contributed by atoms with Crippen LogP contribution in [0.2, 0.25) is 0 Å². The molecule has 31 heavy (non-hydrogen) atoms. The predicted molar refractivity (Wildman–Crippen MR) is 111 cm³/mol. The fourth-order valence-electron chi connectivity index (χ4n) is 3.03. The van der Waals surface area contributed by atoms with E-state index in [1.165, 1.54) is 19.1 Å². The molecule has 0 saturated carbocycles. The first kappa shape index (κ1) is 22.5. The molecule has 0 aliphatic carbocycles. The summed E-state index contributed by atoms with van der Waals surface area (Å²) >= 11 is 1.07. The first-order valence-electron chi connectivity index (χ1n) is 9.22. The molecule has 1 aromatic heterocycles. The summed E-state index contributed by atoms with van der Waals surface area (Å²) in [5.74, 6) is -1.00. The monoisotopic (exact) mass is 448 g/mol. The molecule has 162 valence electrons. The second-order valence-electron chi connectivity index (χ2n) is 6.98. The minimum Gasteiger partial charge on any atom is -0.456 e. The number of amides is 1. The second-order valence-corrected chi connectivity index (χ2v) is 7.81. The lowest BCUT2D eigenvalue weighted by atomic mass is 10.1. The number of ether oxygens (including phenoxy) is 1. The van der Waals surface area contributed by atoms with Gasteiger partial charge in [-0.05, 0) is 44.2 Å². The molecule has 0 aliphatic rings. The molecule has 1 heterocycles. The number of alkyl halides is 3. The summed E-state index contributed by atoms with van der Waals surface area (Å²) in [6.07, 6.45) is -4.53. The lowest BCUT2D eigenvalue weighted by molar-refractivity contribution is -0.137. The maximum atomic E-state index is 13.0. The van der Waals surface area contributed by atoms with Gasteiger partial charge in [-0.3, -0.25) is 9.69 Å². The molecule has 0 spiro atoms. The number of aryl methyl sites for hydroxylation is 2. The van der Waals surface area contributed by atoms with Crippen LogP contribution in [0.1, 0.15) is 39.7 Å². The van der Waals surface area contributed by atoms with Gasteiger partial charge in [-0.25, -0.2) is 9.78 Å². The van der Waals surface area contributed by atoms with Gasteiger partial charge in [-0.15, -0.1) is 11.3 Å². The van der Waals surface area contributed by atoms with Gasteiger partial charge in [0.2, 0.25) is 5.91 Å². The second kappa shape index (κ2) is 8.89. The molecule has 0 bridgehead atoms. The van der Waals surface area contributed by atoms with Crippen LogP contribution in [0, 0.1) is 13.8 Å². The maximum Gasteiger partial charge on any atom is 0.416 e. The number of hydrogen-bond acceptors (Lipinski definition) is 5.